The second kappa shape index (κ2) is 5.29. The standard InChI is InChI=1S/C12H20O3/c1-8-4-5-11(12(14)6-8)9(2)7-15-10(3)13/h8-9,11H,4-7H2,1-3H3/t8-,9-,11-/m1/s1. The monoisotopic (exact) mass is 212 g/mol. The number of Topliss-reactive ketones (excluding diaryl/α,β-unsaturated/α-hetero) is 1. The normalized spacial score (nSPS) is 28.6. The molecule has 86 valence electrons. The molecule has 3 atom stereocenters. The van der Waals surface area contributed by atoms with Gasteiger partial charge in [-0.2, -0.15) is 0 Å². The van der Waals surface area contributed by atoms with E-state index >= 15 is 0 Å². The Hall–Kier alpha value is -0.860. The first-order valence-corrected chi connectivity index (χ1v) is 5.66. The molecule has 0 aliphatic heterocycles. The third kappa shape index (κ3) is 3.65. The molecular weight excluding hydrogens is 192 g/mol. The molecule has 0 aromatic heterocycles. The Morgan fingerprint density at radius 2 is 2.20 bits per heavy atom. The predicted octanol–water partition coefficient (Wildman–Crippen LogP) is 2.19. The van der Waals surface area contributed by atoms with Gasteiger partial charge in [-0.15, -0.1) is 0 Å². The fourth-order valence-electron chi connectivity index (χ4n) is 2.19. The van der Waals surface area contributed by atoms with E-state index < -0.39 is 0 Å². The summed E-state index contributed by atoms with van der Waals surface area (Å²) in [4.78, 5) is 22.4. The molecule has 0 aromatic carbocycles. The molecule has 3 nitrogen and oxygen atoms in total. The van der Waals surface area contributed by atoms with Crippen molar-refractivity contribution in [2.75, 3.05) is 6.61 Å². The molecule has 1 aliphatic carbocycles. The molecular formula is C12H20O3. The first kappa shape index (κ1) is 12.2. The van der Waals surface area contributed by atoms with Gasteiger partial charge in [0.2, 0.25) is 0 Å². The molecule has 1 aliphatic rings. The van der Waals surface area contributed by atoms with Crippen molar-refractivity contribution < 1.29 is 14.3 Å². The van der Waals surface area contributed by atoms with Crippen LogP contribution < -0.4 is 0 Å². The highest BCUT2D eigenvalue weighted by Crippen LogP contribution is 2.30. The maximum atomic E-state index is 11.8. The van der Waals surface area contributed by atoms with Crippen LogP contribution in [0.25, 0.3) is 0 Å². The van der Waals surface area contributed by atoms with Gasteiger partial charge in [0.15, 0.2) is 0 Å². The summed E-state index contributed by atoms with van der Waals surface area (Å²) in [6, 6.07) is 0. The summed E-state index contributed by atoms with van der Waals surface area (Å²) in [7, 11) is 0. The summed E-state index contributed by atoms with van der Waals surface area (Å²) in [5, 5.41) is 0. The number of carbonyl (C=O) groups is 2. The predicted molar refractivity (Wildman–Crippen MR) is 57.3 cm³/mol. The van der Waals surface area contributed by atoms with Crippen molar-refractivity contribution in [2.24, 2.45) is 17.8 Å². The van der Waals surface area contributed by atoms with Crippen LogP contribution in [0.3, 0.4) is 0 Å². The molecule has 1 saturated carbocycles. The van der Waals surface area contributed by atoms with Gasteiger partial charge in [0.05, 0.1) is 6.61 Å². The third-order valence-electron chi connectivity index (χ3n) is 3.17. The minimum absolute atomic E-state index is 0.0977. The summed E-state index contributed by atoms with van der Waals surface area (Å²) >= 11 is 0. The van der Waals surface area contributed by atoms with Gasteiger partial charge in [0, 0.05) is 19.3 Å². The topological polar surface area (TPSA) is 43.4 Å². The van der Waals surface area contributed by atoms with Gasteiger partial charge in [-0.25, -0.2) is 0 Å². The Kier molecular flexibility index (Phi) is 4.30. The van der Waals surface area contributed by atoms with E-state index in [2.05, 4.69) is 6.92 Å². The van der Waals surface area contributed by atoms with Crippen molar-refractivity contribution >= 4 is 11.8 Å². The fraction of sp³-hybridized carbons (Fsp3) is 0.833. The lowest BCUT2D eigenvalue weighted by Crippen LogP contribution is -2.31. The zero-order chi connectivity index (χ0) is 11.4. The minimum atomic E-state index is -0.265. The van der Waals surface area contributed by atoms with Crippen LogP contribution in [-0.2, 0) is 14.3 Å². The van der Waals surface area contributed by atoms with E-state index in [4.69, 9.17) is 4.74 Å². The zero-order valence-corrected chi connectivity index (χ0v) is 9.79. The molecule has 0 unspecified atom stereocenters. The Balaban J connectivity index is 2.41. The van der Waals surface area contributed by atoms with Crippen LogP contribution in [0.4, 0.5) is 0 Å². The van der Waals surface area contributed by atoms with Gasteiger partial charge in [0.25, 0.3) is 0 Å². The molecule has 0 bridgehead atoms. The molecule has 0 amide bonds. The number of carbonyl (C=O) groups excluding carboxylic acids is 2. The van der Waals surface area contributed by atoms with Crippen LogP contribution in [0.1, 0.15) is 40.0 Å². The van der Waals surface area contributed by atoms with E-state index in [1.54, 1.807) is 0 Å². The smallest absolute Gasteiger partial charge is 0.302 e. The maximum Gasteiger partial charge on any atom is 0.302 e. The molecule has 1 fully saturated rings. The van der Waals surface area contributed by atoms with Crippen molar-refractivity contribution in [2.45, 2.75) is 40.0 Å². The largest absolute Gasteiger partial charge is 0.466 e. The summed E-state index contributed by atoms with van der Waals surface area (Å²) in [6.07, 6.45) is 2.75. The lowest BCUT2D eigenvalue weighted by molar-refractivity contribution is -0.144. The second-order valence-corrected chi connectivity index (χ2v) is 4.74. The molecule has 0 heterocycles. The lowest BCUT2D eigenvalue weighted by atomic mass is 9.76. The lowest BCUT2D eigenvalue weighted by Gasteiger charge is -2.29. The average Bonchev–Trinajstić information content (AvgIpc) is 2.14. The SMILES string of the molecule is CC(=O)OC[C@@H](C)[C@H]1CC[C@@H](C)CC1=O. The van der Waals surface area contributed by atoms with Gasteiger partial charge in [-0.1, -0.05) is 13.8 Å². The molecule has 1 rings (SSSR count). The van der Waals surface area contributed by atoms with E-state index in [0.29, 0.717) is 24.7 Å². The van der Waals surface area contributed by atoms with E-state index in [1.807, 2.05) is 6.92 Å². The zero-order valence-electron chi connectivity index (χ0n) is 9.79. The van der Waals surface area contributed by atoms with Gasteiger partial charge in [-0.3, -0.25) is 9.59 Å². The van der Waals surface area contributed by atoms with Crippen LogP contribution in [0.15, 0.2) is 0 Å². The molecule has 0 saturated heterocycles. The van der Waals surface area contributed by atoms with Gasteiger partial charge in [0.1, 0.15) is 5.78 Å². The quantitative estimate of drug-likeness (QED) is 0.673. The average molecular weight is 212 g/mol. The first-order valence-electron chi connectivity index (χ1n) is 5.66. The summed E-state index contributed by atoms with van der Waals surface area (Å²) < 4.78 is 4.94. The number of rotatable bonds is 3. The molecule has 0 radical (unpaired) electrons. The van der Waals surface area contributed by atoms with E-state index in [0.717, 1.165) is 12.8 Å². The summed E-state index contributed by atoms with van der Waals surface area (Å²) in [5.74, 6) is 0.857. The van der Waals surface area contributed by atoms with E-state index in [1.165, 1.54) is 6.92 Å². The number of hydrogen-bond acceptors (Lipinski definition) is 3. The van der Waals surface area contributed by atoms with Crippen LogP contribution in [0.5, 0.6) is 0 Å². The van der Waals surface area contributed by atoms with Gasteiger partial charge in [-0.05, 0) is 24.7 Å². The molecule has 3 heteroatoms. The Bertz CT molecular complexity index is 247. The van der Waals surface area contributed by atoms with Gasteiger partial charge < -0.3 is 4.74 Å². The molecule has 0 spiro atoms. The number of ether oxygens (including phenoxy) is 1. The molecule has 0 aromatic rings. The number of hydrogen-bond donors (Lipinski definition) is 0. The van der Waals surface area contributed by atoms with Crippen LogP contribution in [-0.4, -0.2) is 18.4 Å². The van der Waals surface area contributed by atoms with Crippen molar-refractivity contribution in [3.8, 4) is 0 Å². The first-order chi connectivity index (χ1) is 7.00. The highest BCUT2D eigenvalue weighted by Gasteiger charge is 2.30. The van der Waals surface area contributed by atoms with Gasteiger partial charge >= 0.3 is 5.97 Å². The van der Waals surface area contributed by atoms with Crippen LogP contribution >= 0.6 is 0 Å². The van der Waals surface area contributed by atoms with Crippen molar-refractivity contribution in [3.63, 3.8) is 0 Å². The van der Waals surface area contributed by atoms with Crippen molar-refractivity contribution in [1.82, 2.24) is 0 Å². The number of esters is 1. The minimum Gasteiger partial charge on any atom is -0.466 e. The fourth-order valence-corrected chi connectivity index (χ4v) is 2.19. The Labute approximate surface area is 91.2 Å². The maximum absolute atomic E-state index is 11.8. The highest BCUT2D eigenvalue weighted by atomic mass is 16.5. The molecule has 0 N–H and O–H groups in total. The highest BCUT2D eigenvalue weighted by molar-refractivity contribution is 5.82. The van der Waals surface area contributed by atoms with Crippen LogP contribution in [0, 0.1) is 17.8 Å². The van der Waals surface area contributed by atoms with Crippen LogP contribution in [0.2, 0.25) is 0 Å². The Morgan fingerprint density at radius 1 is 1.53 bits per heavy atom. The van der Waals surface area contributed by atoms with Crippen molar-refractivity contribution in [1.29, 1.82) is 0 Å². The third-order valence-corrected chi connectivity index (χ3v) is 3.17. The summed E-state index contributed by atoms with van der Waals surface area (Å²) in [5.41, 5.74) is 0. The van der Waals surface area contributed by atoms with Crippen molar-refractivity contribution in [3.05, 3.63) is 0 Å². The molecule has 15 heavy (non-hydrogen) atoms. The van der Waals surface area contributed by atoms with E-state index in [-0.39, 0.29) is 17.8 Å². The second-order valence-electron chi connectivity index (χ2n) is 4.74. The Morgan fingerprint density at radius 3 is 2.73 bits per heavy atom. The number of ketones is 1. The van der Waals surface area contributed by atoms with E-state index in [9.17, 15) is 9.59 Å². The summed E-state index contributed by atoms with van der Waals surface area (Å²) in [6.45, 7) is 5.88.